The topological polar surface area (TPSA) is 178 Å². The third kappa shape index (κ3) is 10.9. The molecule has 44 heavy (non-hydrogen) atoms. The van der Waals surface area contributed by atoms with Crippen LogP contribution in [-0.2, 0) is 20.9 Å². The first-order valence-electron chi connectivity index (χ1n) is 14.4. The summed E-state index contributed by atoms with van der Waals surface area (Å²) < 4.78 is 19.2. The number of hydrogen-bond donors (Lipinski definition) is 4. The molecule has 1 aromatic carbocycles. The molecule has 1 heterocycles. The van der Waals surface area contributed by atoms with Gasteiger partial charge in [-0.1, -0.05) is 37.2 Å². The van der Waals surface area contributed by atoms with Crippen molar-refractivity contribution < 1.29 is 33.2 Å². The minimum atomic E-state index is -1.43. The Hall–Kier alpha value is -4.57. The maximum atomic E-state index is 14.4. The predicted molar refractivity (Wildman–Crippen MR) is 159 cm³/mol. The van der Waals surface area contributed by atoms with Crippen molar-refractivity contribution in [3.05, 3.63) is 64.3 Å². The van der Waals surface area contributed by atoms with Gasteiger partial charge in [0.15, 0.2) is 5.69 Å². The molecule has 0 aliphatic rings. The molecular weight excluding hydrogens is 571 g/mol. The summed E-state index contributed by atoms with van der Waals surface area (Å²) in [6.45, 7) is 8.52. The molecule has 4 N–H and O–H groups in total. The minimum absolute atomic E-state index is 0.0218. The van der Waals surface area contributed by atoms with Crippen molar-refractivity contribution >= 4 is 23.6 Å². The van der Waals surface area contributed by atoms with Crippen molar-refractivity contribution in [2.75, 3.05) is 13.6 Å². The minimum Gasteiger partial charge on any atom is -0.391 e. The lowest BCUT2D eigenvalue weighted by atomic mass is 10.1. The van der Waals surface area contributed by atoms with Gasteiger partial charge in [0.1, 0.15) is 35.3 Å². The molecule has 4 amide bonds. The third-order valence-corrected chi connectivity index (χ3v) is 6.64. The number of nitriles is 1. The van der Waals surface area contributed by atoms with Gasteiger partial charge in [-0.05, 0) is 57.6 Å². The summed E-state index contributed by atoms with van der Waals surface area (Å²) in [4.78, 5) is 53.0. The first-order chi connectivity index (χ1) is 20.7. The van der Waals surface area contributed by atoms with Crippen molar-refractivity contribution in [3.8, 4) is 6.07 Å². The van der Waals surface area contributed by atoms with E-state index in [1.54, 1.807) is 39.1 Å². The first-order valence-corrected chi connectivity index (χ1v) is 14.4. The molecule has 0 saturated heterocycles. The Morgan fingerprint density at radius 3 is 2.39 bits per heavy atom. The van der Waals surface area contributed by atoms with E-state index in [-0.39, 0.29) is 42.3 Å². The summed E-state index contributed by atoms with van der Waals surface area (Å²) >= 11 is 0. The highest BCUT2D eigenvalue weighted by Gasteiger charge is 2.31. The number of aliphatic hydroxyl groups excluding tert-OH is 1. The Kier molecular flexibility index (Phi) is 13.7. The predicted octanol–water partition coefficient (Wildman–Crippen LogP) is 2.45. The van der Waals surface area contributed by atoms with Gasteiger partial charge in [0, 0.05) is 31.8 Å². The fourth-order valence-electron chi connectivity index (χ4n) is 4.22. The van der Waals surface area contributed by atoms with Gasteiger partial charge in [-0.2, -0.15) is 5.26 Å². The molecule has 0 fully saturated rings. The number of nitrogens with one attached hydrogen (secondary N) is 3. The number of amides is 4. The van der Waals surface area contributed by atoms with Gasteiger partial charge >= 0.3 is 0 Å². The Balaban J connectivity index is 2.12. The number of benzene rings is 1. The number of aliphatic hydroxyl groups is 1. The molecule has 0 saturated carbocycles. The summed E-state index contributed by atoms with van der Waals surface area (Å²) in [6, 6.07) is 5.36. The van der Waals surface area contributed by atoms with Gasteiger partial charge in [-0.15, -0.1) is 0 Å². The quantitative estimate of drug-likeness (QED) is 0.135. The number of carbonyl (C=O) groups is 4. The highest BCUT2D eigenvalue weighted by Crippen LogP contribution is 2.12. The average Bonchev–Trinajstić information content (AvgIpc) is 3.40. The van der Waals surface area contributed by atoms with Gasteiger partial charge in [0.05, 0.1) is 6.10 Å². The fourth-order valence-corrected chi connectivity index (χ4v) is 4.22. The van der Waals surface area contributed by atoms with Crippen LogP contribution in [0.3, 0.4) is 0 Å². The second-order valence-corrected chi connectivity index (χ2v) is 11.0. The Bertz CT molecular complexity index is 1400. The van der Waals surface area contributed by atoms with Gasteiger partial charge < -0.3 is 30.5 Å². The molecular formula is C31H41FN6O6. The highest BCUT2D eigenvalue weighted by atomic mass is 19.1. The van der Waals surface area contributed by atoms with Crippen LogP contribution < -0.4 is 16.0 Å². The molecule has 1 aromatic heterocycles. The number of carbonyl (C=O) groups excluding carboxylic acids is 4. The maximum Gasteiger partial charge on any atom is 0.274 e. The van der Waals surface area contributed by atoms with Crippen molar-refractivity contribution in [1.29, 1.82) is 5.26 Å². The van der Waals surface area contributed by atoms with Crippen LogP contribution in [0.4, 0.5) is 4.39 Å². The molecule has 2 aromatic rings. The highest BCUT2D eigenvalue weighted by molar-refractivity contribution is 5.98. The third-order valence-electron chi connectivity index (χ3n) is 6.64. The van der Waals surface area contributed by atoms with E-state index in [1.807, 2.05) is 19.9 Å². The van der Waals surface area contributed by atoms with E-state index in [1.165, 1.54) is 24.0 Å². The van der Waals surface area contributed by atoms with Crippen molar-refractivity contribution in [1.82, 2.24) is 26.0 Å². The van der Waals surface area contributed by atoms with E-state index in [0.717, 1.165) is 5.56 Å². The van der Waals surface area contributed by atoms with Crippen LogP contribution in [-0.4, -0.2) is 70.6 Å². The molecule has 0 aliphatic carbocycles. The van der Waals surface area contributed by atoms with Gasteiger partial charge in [0.2, 0.25) is 11.8 Å². The Morgan fingerprint density at radius 2 is 1.82 bits per heavy atom. The molecule has 0 radical (unpaired) electrons. The van der Waals surface area contributed by atoms with E-state index < -0.39 is 47.6 Å². The number of unbranched alkanes of at least 4 members (excludes halogenated alkanes) is 1. The molecule has 0 bridgehead atoms. The zero-order valence-corrected chi connectivity index (χ0v) is 25.9. The molecule has 0 aliphatic heterocycles. The van der Waals surface area contributed by atoms with Crippen molar-refractivity contribution in [3.63, 3.8) is 0 Å². The number of rotatable bonds is 15. The molecule has 0 spiro atoms. The number of nitrogens with zero attached hydrogens (tertiary/aromatic N) is 3. The second-order valence-electron chi connectivity index (χ2n) is 11.0. The second kappa shape index (κ2) is 16.9. The normalized spacial score (nSPS) is 13.4. The average molecular weight is 613 g/mol. The summed E-state index contributed by atoms with van der Waals surface area (Å²) in [5.41, 5.74) is 0.938. The number of hydrogen-bond acceptors (Lipinski definition) is 8. The van der Waals surface area contributed by atoms with Gasteiger partial charge in [-0.25, -0.2) is 4.39 Å². The van der Waals surface area contributed by atoms with Crippen LogP contribution in [0.1, 0.15) is 67.4 Å². The van der Waals surface area contributed by atoms with Crippen LogP contribution in [0.5, 0.6) is 0 Å². The lowest BCUT2D eigenvalue weighted by Gasteiger charge is -2.25. The summed E-state index contributed by atoms with van der Waals surface area (Å²) in [5.74, 6) is -2.67. The monoisotopic (exact) mass is 612 g/mol. The molecule has 3 atom stereocenters. The van der Waals surface area contributed by atoms with E-state index in [2.05, 4.69) is 21.1 Å². The number of allylic oxidation sites excluding steroid dienone is 1. The van der Waals surface area contributed by atoms with Crippen LogP contribution in [0, 0.1) is 36.9 Å². The molecule has 12 nitrogen and oxygen atoms in total. The standard InChI is InChI=1S/C31H41FN6O6/c1-18(2)13-23(16-33)31(43)38(6)12-8-7-9-25(28(40)34-17-22-11-10-19(3)14-24(22)32)35-30(42)27(21(5)39)36-29(41)26-15-20(4)44-37-26/h10-11,13-15,18,21,25,27,39H,7-9,12,17H2,1-6H3,(H,34,40)(H,35,42)(H,36,41)/t21-,25?,27+/m1/s1. The van der Waals surface area contributed by atoms with Crippen LogP contribution >= 0.6 is 0 Å². The molecule has 1 unspecified atom stereocenters. The summed E-state index contributed by atoms with van der Waals surface area (Å²) in [5, 5.41) is 30.8. The van der Waals surface area contributed by atoms with Crippen LogP contribution in [0.2, 0.25) is 0 Å². The van der Waals surface area contributed by atoms with E-state index in [4.69, 9.17) is 4.52 Å². The first kappa shape index (κ1) is 35.6. The smallest absolute Gasteiger partial charge is 0.274 e. The Morgan fingerprint density at radius 1 is 1.11 bits per heavy atom. The SMILES string of the molecule is Cc1ccc(CNC(=O)C(CCCCN(C)C(=O)C(C#N)=CC(C)C)NC(=O)[C@@H](NC(=O)c2cc(C)on2)[C@@H](C)O)c(F)c1. The molecule has 2 rings (SSSR count). The van der Waals surface area contributed by atoms with E-state index in [9.17, 15) is 33.9 Å². The van der Waals surface area contributed by atoms with Gasteiger partial charge in [-0.3, -0.25) is 19.2 Å². The van der Waals surface area contributed by atoms with E-state index >= 15 is 0 Å². The summed E-state index contributed by atoms with van der Waals surface area (Å²) in [6.07, 6.45) is 1.22. The van der Waals surface area contributed by atoms with Crippen LogP contribution in [0.25, 0.3) is 0 Å². The number of likely N-dealkylation sites (N-methyl/N-ethyl adjacent to an activating group) is 1. The van der Waals surface area contributed by atoms with Crippen molar-refractivity contribution in [2.24, 2.45) is 5.92 Å². The van der Waals surface area contributed by atoms with Gasteiger partial charge in [0.25, 0.3) is 11.8 Å². The van der Waals surface area contributed by atoms with Crippen LogP contribution in [0.15, 0.2) is 40.4 Å². The zero-order chi connectivity index (χ0) is 33.0. The lowest BCUT2D eigenvalue weighted by molar-refractivity contribution is -0.131. The molecule has 13 heteroatoms. The fraction of sp³-hybridized carbons (Fsp3) is 0.484. The number of aryl methyl sites for hydroxylation is 2. The van der Waals surface area contributed by atoms with E-state index in [0.29, 0.717) is 18.6 Å². The number of halogens is 1. The summed E-state index contributed by atoms with van der Waals surface area (Å²) in [7, 11) is 1.57. The molecule has 238 valence electrons. The largest absolute Gasteiger partial charge is 0.391 e. The Labute approximate surface area is 256 Å². The lowest BCUT2D eigenvalue weighted by Crippen LogP contribution is -2.57. The van der Waals surface area contributed by atoms with Crippen molar-refractivity contribution in [2.45, 2.75) is 78.6 Å². The number of aromatic nitrogens is 1. The zero-order valence-electron chi connectivity index (χ0n) is 25.9. The maximum absolute atomic E-state index is 14.4.